The Morgan fingerprint density at radius 1 is 1.04 bits per heavy atom. The number of carbonyl (C=O) groups is 4. The number of hydrogen-bond acceptors (Lipinski definition) is 15. The molecule has 1 aromatic carbocycles. The molecule has 1 spiro atoms. The number of benzene rings is 1. The summed E-state index contributed by atoms with van der Waals surface area (Å²) in [7, 11) is -2.80. The summed E-state index contributed by atoms with van der Waals surface area (Å²) >= 11 is 0. The molecule has 2 N–H and O–H groups in total. The Kier molecular flexibility index (Phi) is 13.4. The lowest BCUT2D eigenvalue weighted by molar-refractivity contribution is -0.0303. The third kappa shape index (κ3) is 9.81. The first-order chi connectivity index (χ1) is 25.0. The number of aromatic hydroxyl groups is 1. The highest BCUT2D eigenvalue weighted by atomic mass is 31.2. The number of carbonyl (C=O) groups excluding carboxylic acids is 4. The highest BCUT2D eigenvalue weighted by Gasteiger charge is 2.52. The molecule has 1 saturated heterocycles. The summed E-state index contributed by atoms with van der Waals surface area (Å²) in [6.45, 7) is 4.19. The Balaban J connectivity index is 1.60. The highest BCUT2D eigenvalue weighted by Crippen LogP contribution is 2.49. The quantitative estimate of drug-likeness (QED) is 0.151. The molecule has 1 aromatic heterocycles. The van der Waals surface area contributed by atoms with Gasteiger partial charge in [0.1, 0.15) is 17.2 Å². The van der Waals surface area contributed by atoms with Gasteiger partial charge in [0.2, 0.25) is 19.0 Å². The number of rotatable bonds is 15. The molecule has 21 heteroatoms. The molecule has 2 aliphatic heterocycles. The molecular weight excluding hydrogens is 733 g/mol. The maximum Gasteiger partial charge on any atom is 0.510 e. The lowest BCUT2D eigenvalue weighted by Gasteiger charge is -2.52. The first-order valence-electron chi connectivity index (χ1n) is 16.4. The largest absolute Gasteiger partial charge is 0.510 e. The van der Waals surface area contributed by atoms with Crippen LogP contribution in [0.15, 0.2) is 29.2 Å². The zero-order valence-corrected chi connectivity index (χ0v) is 30.5. The fourth-order valence-corrected chi connectivity index (χ4v) is 6.76. The lowest BCUT2D eigenvalue weighted by atomic mass is 10.0. The number of hydrogen-bond donors (Lipinski definition) is 2. The van der Waals surface area contributed by atoms with E-state index in [2.05, 4.69) is 5.32 Å². The number of nitrogens with one attached hydrogen (secondary N) is 1. The Bertz CT molecular complexity index is 1770. The summed E-state index contributed by atoms with van der Waals surface area (Å²) in [5.41, 5.74) is -3.59. The molecule has 1 unspecified atom stereocenters. The minimum absolute atomic E-state index is 0.0464. The molecule has 18 nitrogen and oxygen atoms in total. The van der Waals surface area contributed by atoms with Crippen LogP contribution in [0.4, 0.5) is 18.4 Å². The van der Waals surface area contributed by atoms with Crippen LogP contribution in [0.2, 0.25) is 0 Å². The molecule has 4 rings (SSSR count). The molecule has 0 saturated carbocycles. The molecule has 0 radical (unpaired) electrons. The molecule has 292 valence electrons. The first-order valence-corrected chi connectivity index (χ1v) is 18.1. The molecule has 2 amide bonds. The maximum atomic E-state index is 14.2. The van der Waals surface area contributed by atoms with E-state index in [1.165, 1.54) is 17.0 Å². The van der Waals surface area contributed by atoms with Crippen molar-refractivity contribution in [3.8, 4) is 5.75 Å². The summed E-state index contributed by atoms with van der Waals surface area (Å²) in [5.74, 6) is -4.62. The molecule has 1 fully saturated rings. The lowest BCUT2D eigenvalue weighted by Crippen LogP contribution is -2.70. The summed E-state index contributed by atoms with van der Waals surface area (Å²) in [4.78, 5) is 65.1. The minimum Gasteiger partial charge on any atom is -0.502 e. The molecule has 1 atom stereocenters. The maximum absolute atomic E-state index is 14.2. The molecular formula is C32H41F2N4O14P. The van der Waals surface area contributed by atoms with Crippen LogP contribution < -0.4 is 15.8 Å². The van der Waals surface area contributed by atoms with Crippen molar-refractivity contribution in [2.24, 2.45) is 0 Å². The summed E-state index contributed by atoms with van der Waals surface area (Å²) in [5, 5.41) is 14.9. The van der Waals surface area contributed by atoms with E-state index in [0.29, 0.717) is 6.07 Å². The van der Waals surface area contributed by atoms with Gasteiger partial charge in [0.15, 0.2) is 17.1 Å². The molecule has 3 heterocycles. The second-order valence-electron chi connectivity index (χ2n) is 12.4. The third-order valence-corrected chi connectivity index (χ3v) is 9.90. The van der Waals surface area contributed by atoms with Gasteiger partial charge in [-0.3, -0.25) is 37.7 Å². The SMILES string of the molecule is CC(C)OC(=O)OCOP(=O)(CCCN1n2cc(C(=O)NCc3ccc(F)cc3F)c(=O)c(O)c2C(=O)N(C)C12CCOC2)OCOC(=O)OC(C)C. The van der Waals surface area contributed by atoms with Crippen molar-refractivity contribution in [1.82, 2.24) is 14.9 Å². The average molecular weight is 775 g/mol. The van der Waals surface area contributed by atoms with E-state index in [4.69, 9.17) is 32.7 Å². The van der Waals surface area contributed by atoms with E-state index >= 15 is 0 Å². The van der Waals surface area contributed by atoms with Gasteiger partial charge in [-0.25, -0.2) is 18.4 Å². The average Bonchev–Trinajstić information content (AvgIpc) is 3.56. The number of fused-ring (bicyclic) bond motifs is 1. The van der Waals surface area contributed by atoms with E-state index in [0.717, 1.165) is 23.0 Å². The monoisotopic (exact) mass is 774 g/mol. The Morgan fingerprint density at radius 2 is 1.66 bits per heavy atom. The van der Waals surface area contributed by atoms with Crippen molar-refractivity contribution in [1.29, 1.82) is 0 Å². The van der Waals surface area contributed by atoms with Crippen LogP contribution >= 0.6 is 7.60 Å². The Morgan fingerprint density at radius 3 is 2.21 bits per heavy atom. The van der Waals surface area contributed by atoms with Gasteiger partial charge < -0.3 is 39.0 Å². The summed E-state index contributed by atoms with van der Waals surface area (Å²) in [6.07, 6.45) is -2.47. The van der Waals surface area contributed by atoms with Crippen molar-refractivity contribution in [2.45, 2.75) is 65.0 Å². The number of halogens is 2. The van der Waals surface area contributed by atoms with Crippen molar-refractivity contribution in [2.75, 3.05) is 51.6 Å². The molecule has 2 aromatic rings. The predicted molar refractivity (Wildman–Crippen MR) is 178 cm³/mol. The zero-order valence-electron chi connectivity index (χ0n) is 29.6. The zero-order chi connectivity index (χ0) is 39.1. The smallest absolute Gasteiger partial charge is 0.502 e. The fraction of sp³-hybridized carbons (Fsp3) is 0.531. The molecule has 0 bridgehead atoms. The van der Waals surface area contributed by atoms with Gasteiger partial charge in [0, 0.05) is 44.4 Å². The summed E-state index contributed by atoms with van der Waals surface area (Å²) in [6, 6.07) is 2.73. The standard InChI is InChI=1S/C32H41F2N4O14P/c1-19(2)51-30(43)47-17-49-53(45,50-18-48-31(44)52-20(3)4)12-6-10-38-32(9-11-46-16-32)36(5)29(42)25-27(40)26(39)23(15-37(25)38)28(41)35-14-21-7-8-22(33)13-24(21)34/h7-8,13,15,19-20,40H,6,9-12,14,16-18H2,1-5H3,(H,35,41). The van der Waals surface area contributed by atoms with Crippen LogP contribution in [0.3, 0.4) is 0 Å². The number of pyridine rings is 1. The number of nitrogens with zero attached hydrogens (tertiary/aromatic N) is 3. The molecule has 53 heavy (non-hydrogen) atoms. The van der Waals surface area contributed by atoms with Crippen molar-refractivity contribution in [3.05, 3.63) is 63.1 Å². The van der Waals surface area contributed by atoms with Crippen LogP contribution in [0.25, 0.3) is 0 Å². The van der Waals surface area contributed by atoms with Crippen LogP contribution in [0.1, 0.15) is 66.9 Å². The number of aromatic nitrogens is 1. The van der Waals surface area contributed by atoms with Crippen LogP contribution in [0.5, 0.6) is 5.75 Å². The topological polar surface area (TPSA) is 211 Å². The van der Waals surface area contributed by atoms with E-state index in [1.807, 2.05) is 0 Å². The Hall–Kier alpha value is -4.78. The van der Waals surface area contributed by atoms with Crippen molar-refractivity contribution >= 4 is 31.7 Å². The van der Waals surface area contributed by atoms with Gasteiger partial charge in [-0.1, -0.05) is 6.07 Å². The van der Waals surface area contributed by atoms with Crippen LogP contribution in [-0.2, 0) is 43.8 Å². The van der Waals surface area contributed by atoms with Gasteiger partial charge in [0.25, 0.3) is 11.8 Å². The van der Waals surface area contributed by atoms with Gasteiger partial charge in [-0.15, -0.1) is 0 Å². The number of likely N-dealkylation sites (N-methyl/N-ethyl adjacent to an activating group) is 1. The van der Waals surface area contributed by atoms with E-state index in [9.17, 15) is 42.4 Å². The molecule has 2 aliphatic rings. The summed E-state index contributed by atoms with van der Waals surface area (Å²) < 4.78 is 78.1. The van der Waals surface area contributed by atoms with E-state index in [-0.39, 0.29) is 38.2 Å². The van der Waals surface area contributed by atoms with Crippen LogP contribution in [-0.4, -0.2) is 103 Å². The predicted octanol–water partition coefficient (Wildman–Crippen LogP) is 3.56. The fourth-order valence-electron chi connectivity index (χ4n) is 5.47. The second kappa shape index (κ2) is 17.4. The number of ether oxygens (including phenoxy) is 5. The van der Waals surface area contributed by atoms with Gasteiger partial charge in [-0.2, -0.15) is 0 Å². The van der Waals surface area contributed by atoms with Crippen molar-refractivity contribution < 1.29 is 70.4 Å². The minimum atomic E-state index is -4.24. The van der Waals surface area contributed by atoms with Gasteiger partial charge in [0.05, 0.1) is 31.6 Å². The van der Waals surface area contributed by atoms with Crippen LogP contribution in [0, 0.1) is 11.6 Å². The van der Waals surface area contributed by atoms with Crippen molar-refractivity contribution in [3.63, 3.8) is 0 Å². The second-order valence-corrected chi connectivity index (χ2v) is 14.6. The first kappa shape index (κ1) is 41.0. The third-order valence-electron chi connectivity index (χ3n) is 8.03. The van der Waals surface area contributed by atoms with E-state index < -0.39 is 110 Å². The van der Waals surface area contributed by atoms with Gasteiger partial charge in [-0.05, 0) is 40.2 Å². The van der Waals surface area contributed by atoms with Gasteiger partial charge >= 0.3 is 19.9 Å². The number of amides is 2. The Labute approximate surface area is 302 Å². The van der Waals surface area contributed by atoms with E-state index in [1.54, 1.807) is 27.7 Å². The highest BCUT2D eigenvalue weighted by molar-refractivity contribution is 7.53. The molecule has 0 aliphatic carbocycles. The normalized spacial score (nSPS) is 17.0.